The third-order valence-corrected chi connectivity index (χ3v) is 3.38. The second-order valence-electron chi connectivity index (χ2n) is 3.42. The van der Waals surface area contributed by atoms with E-state index in [1.807, 2.05) is 4.72 Å². The minimum atomic E-state index is -4.23. The Labute approximate surface area is 106 Å². The maximum atomic E-state index is 13.2. The lowest BCUT2D eigenvalue weighted by Gasteiger charge is -2.07. The van der Waals surface area contributed by atoms with Gasteiger partial charge in [-0.25, -0.2) is 12.8 Å². The number of rotatable bonds is 3. The first-order valence-electron chi connectivity index (χ1n) is 4.84. The summed E-state index contributed by atoms with van der Waals surface area (Å²) in [5.41, 5.74) is -0.550. The molecule has 2 aromatic heterocycles. The van der Waals surface area contributed by atoms with E-state index in [0.717, 1.165) is 24.5 Å². The van der Waals surface area contributed by atoms with Crippen LogP contribution in [0.15, 0.2) is 35.5 Å². The van der Waals surface area contributed by atoms with Crippen molar-refractivity contribution >= 4 is 15.7 Å². The number of nitrogens with one attached hydrogen (secondary N) is 1. The van der Waals surface area contributed by atoms with Gasteiger partial charge in [0.2, 0.25) is 11.9 Å². The smallest absolute Gasteiger partial charge is 0.263 e. The highest BCUT2D eigenvalue weighted by molar-refractivity contribution is 7.92. The predicted molar refractivity (Wildman–Crippen MR) is 59.2 cm³/mol. The first kappa shape index (κ1) is 13.3. The summed E-state index contributed by atoms with van der Waals surface area (Å²) >= 11 is 0. The molecule has 100 valence electrons. The van der Waals surface area contributed by atoms with Gasteiger partial charge in [-0.2, -0.15) is 13.8 Å². The quantitative estimate of drug-likeness (QED) is 0.873. The molecule has 0 saturated heterocycles. The van der Waals surface area contributed by atoms with Gasteiger partial charge in [-0.05, 0) is 18.2 Å². The van der Waals surface area contributed by atoms with Crippen LogP contribution in [0.4, 0.5) is 18.9 Å². The summed E-state index contributed by atoms with van der Waals surface area (Å²) < 4.78 is 64.0. The number of hydrogen-bond acceptors (Lipinski definition) is 4. The highest BCUT2D eigenvalue weighted by atomic mass is 32.2. The van der Waals surface area contributed by atoms with Crippen LogP contribution in [0.1, 0.15) is 0 Å². The molecule has 2 heterocycles. The van der Waals surface area contributed by atoms with Gasteiger partial charge in [-0.1, -0.05) is 0 Å². The fourth-order valence-corrected chi connectivity index (χ4v) is 2.26. The third kappa shape index (κ3) is 2.99. The average molecular weight is 289 g/mol. The lowest BCUT2D eigenvalue weighted by atomic mass is 10.4. The van der Waals surface area contributed by atoms with Crippen molar-refractivity contribution in [2.24, 2.45) is 0 Å². The number of hydrogen-bond donors (Lipinski definition) is 1. The Kier molecular flexibility index (Phi) is 3.38. The number of pyridine rings is 2. The topological polar surface area (TPSA) is 72.0 Å². The van der Waals surface area contributed by atoms with E-state index in [2.05, 4.69) is 9.97 Å². The van der Waals surface area contributed by atoms with Crippen molar-refractivity contribution in [3.63, 3.8) is 0 Å². The van der Waals surface area contributed by atoms with Crippen molar-refractivity contribution in [1.82, 2.24) is 9.97 Å². The zero-order valence-corrected chi connectivity index (χ0v) is 9.96. The van der Waals surface area contributed by atoms with Crippen LogP contribution in [0.2, 0.25) is 0 Å². The Balaban J connectivity index is 2.36. The van der Waals surface area contributed by atoms with Gasteiger partial charge >= 0.3 is 0 Å². The van der Waals surface area contributed by atoms with Gasteiger partial charge < -0.3 is 0 Å². The number of halogens is 3. The summed E-state index contributed by atoms with van der Waals surface area (Å²) in [5.74, 6) is -3.28. The Morgan fingerprint density at radius 1 is 1.11 bits per heavy atom. The van der Waals surface area contributed by atoms with Crippen molar-refractivity contribution in [3.05, 3.63) is 48.3 Å². The number of aromatic nitrogens is 2. The van der Waals surface area contributed by atoms with Crippen molar-refractivity contribution in [1.29, 1.82) is 0 Å². The van der Waals surface area contributed by atoms with Crippen LogP contribution in [-0.4, -0.2) is 18.4 Å². The van der Waals surface area contributed by atoms with Crippen LogP contribution >= 0.6 is 0 Å². The molecule has 1 N–H and O–H groups in total. The first-order valence-corrected chi connectivity index (χ1v) is 6.32. The minimum Gasteiger partial charge on any atom is -0.275 e. The molecule has 2 rings (SSSR count). The molecule has 5 nitrogen and oxygen atoms in total. The molecule has 0 fully saturated rings. The van der Waals surface area contributed by atoms with Gasteiger partial charge in [0.1, 0.15) is 16.4 Å². The van der Waals surface area contributed by atoms with Gasteiger partial charge in [-0.15, -0.1) is 0 Å². The maximum Gasteiger partial charge on any atom is 0.263 e. The van der Waals surface area contributed by atoms with Gasteiger partial charge in [0.05, 0.1) is 6.20 Å². The van der Waals surface area contributed by atoms with E-state index in [1.165, 1.54) is 0 Å². The first-order chi connectivity index (χ1) is 8.88. The van der Waals surface area contributed by atoms with Gasteiger partial charge in [0.25, 0.3) is 10.0 Å². The van der Waals surface area contributed by atoms with Crippen molar-refractivity contribution in [2.75, 3.05) is 4.72 Å². The molecule has 0 aliphatic heterocycles. The van der Waals surface area contributed by atoms with Crippen molar-refractivity contribution in [2.45, 2.75) is 4.90 Å². The molecular formula is C10H6F3N3O2S. The molecule has 0 aromatic carbocycles. The molecule has 0 radical (unpaired) electrons. The molecule has 0 bridgehead atoms. The van der Waals surface area contributed by atoms with Crippen LogP contribution < -0.4 is 4.72 Å². The summed E-state index contributed by atoms with van der Waals surface area (Å²) in [6, 6.07) is 2.36. The van der Waals surface area contributed by atoms with E-state index < -0.39 is 38.3 Å². The largest absolute Gasteiger partial charge is 0.275 e. The van der Waals surface area contributed by atoms with E-state index in [-0.39, 0.29) is 0 Å². The molecule has 0 amide bonds. The number of sulfonamides is 1. The van der Waals surface area contributed by atoms with Crippen molar-refractivity contribution < 1.29 is 21.6 Å². The summed E-state index contributed by atoms with van der Waals surface area (Å²) in [6.07, 6.45) is 1.71. The molecule has 9 heteroatoms. The van der Waals surface area contributed by atoms with E-state index in [4.69, 9.17) is 0 Å². The van der Waals surface area contributed by atoms with Crippen LogP contribution in [0.3, 0.4) is 0 Å². The monoisotopic (exact) mass is 289 g/mol. The van der Waals surface area contributed by atoms with E-state index >= 15 is 0 Å². The highest BCUT2D eigenvalue weighted by Crippen LogP contribution is 2.18. The summed E-state index contributed by atoms with van der Waals surface area (Å²) in [5, 5.41) is 0. The van der Waals surface area contributed by atoms with E-state index in [9.17, 15) is 21.6 Å². The van der Waals surface area contributed by atoms with Crippen LogP contribution in [0, 0.1) is 17.7 Å². The molecule has 0 aliphatic carbocycles. The molecule has 0 aliphatic rings. The molecular weight excluding hydrogens is 283 g/mol. The zero-order valence-electron chi connectivity index (χ0n) is 9.14. The Morgan fingerprint density at radius 3 is 2.47 bits per heavy atom. The SMILES string of the molecule is O=S(=O)(Nc1ccc(F)nc1F)c1cncc(F)c1. The zero-order chi connectivity index (χ0) is 14.0. The van der Waals surface area contributed by atoms with Gasteiger partial charge in [0.15, 0.2) is 0 Å². The van der Waals surface area contributed by atoms with Crippen LogP contribution in [0.5, 0.6) is 0 Å². The van der Waals surface area contributed by atoms with Crippen LogP contribution in [-0.2, 0) is 10.0 Å². The molecule has 2 aromatic rings. The van der Waals surface area contributed by atoms with E-state index in [1.54, 1.807) is 0 Å². The predicted octanol–water partition coefficient (Wildman–Crippen LogP) is 1.69. The lowest BCUT2D eigenvalue weighted by molar-refractivity contribution is 0.515. The Bertz CT molecular complexity index is 722. The standard InChI is InChI=1S/C10H6F3N3O2S/c11-6-3-7(5-14-4-6)19(17,18)16-8-1-2-9(12)15-10(8)13/h1-5,16H. The van der Waals surface area contributed by atoms with Crippen LogP contribution in [0.25, 0.3) is 0 Å². The summed E-state index contributed by atoms with van der Waals surface area (Å²) in [6.45, 7) is 0. The van der Waals surface area contributed by atoms with Gasteiger partial charge in [-0.3, -0.25) is 9.71 Å². The highest BCUT2D eigenvalue weighted by Gasteiger charge is 2.18. The lowest BCUT2D eigenvalue weighted by Crippen LogP contribution is -2.15. The molecule has 0 saturated carbocycles. The normalized spacial score (nSPS) is 11.3. The summed E-state index contributed by atoms with van der Waals surface area (Å²) in [4.78, 5) is 5.69. The second kappa shape index (κ2) is 4.84. The minimum absolute atomic E-state index is 0.490. The van der Waals surface area contributed by atoms with E-state index in [0.29, 0.717) is 6.07 Å². The molecule has 0 atom stereocenters. The second-order valence-corrected chi connectivity index (χ2v) is 5.10. The number of nitrogens with zero attached hydrogens (tertiary/aromatic N) is 2. The summed E-state index contributed by atoms with van der Waals surface area (Å²) in [7, 11) is -4.23. The fourth-order valence-electron chi connectivity index (χ4n) is 1.23. The molecule has 0 unspecified atom stereocenters. The van der Waals surface area contributed by atoms with Crippen molar-refractivity contribution in [3.8, 4) is 0 Å². The Morgan fingerprint density at radius 2 is 1.84 bits per heavy atom. The maximum absolute atomic E-state index is 13.2. The fraction of sp³-hybridized carbons (Fsp3) is 0. The third-order valence-electron chi connectivity index (χ3n) is 2.05. The van der Waals surface area contributed by atoms with Gasteiger partial charge in [0, 0.05) is 6.20 Å². The number of anilines is 1. The molecule has 0 spiro atoms. The molecule has 19 heavy (non-hydrogen) atoms. The Hall–Kier alpha value is -2.16. The average Bonchev–Trinajstić information content (AvgIpc) is 2.33.